The first kappa shape index (κ1) is 14.4. The van der Waals surface area contributed by atoms with Crippen molar-refractivity contribution < 1.29 is 9.53 Å². The topological polar surface area (TPSA) is 64.3 Å². The van der Waals surface area contributed by atoms with Crippen LogP contribution >= 0.6 is 0 Å². The average molecular weight is 250 g/mol. The zero-order valence-electron chi connectivity index (χ0n) is 11.5. The Hall–Kier alpha value is -1.71. The molecule has 1 rings (SSSR count). The maximum atomic E-state index is 12.2. The highest BCUT2D eigenvalue weighted by atomic mass is 16.5. The van der Waals surface area contributed by atoms with Gasteiger partial charge in [-0.05, 0) is 31.4 Å². The van der Waals surface area contributed by atoms with Crippen molar-refractivity contribution in [2.45, 2.75) is 33.2 Å². The number of nitrogen functional groups attached to an aromatic ring is 1. The Balaban J connectivity index is 2.84. The molecule has 18 heavy (non-hydrogen) atoms. The number of carbonyl (C=O) groups excluding carboxylic acids is 1. The normalized spacial score (nSPS) is 12.3. The molecule has 0 saturated heterocycles. The molecule has 1 aromatic rings. The number of anilines is 1. The van der Waals surface area contributed by atoms with E-state index < -0.39 is 0 Å². The monoisotopic (exact) mass is 250 g/mol. The Kier molecular flexibility index (Phi) is 5.01. The van der Waals surface area contributed by atoms with E-state index in [1.807, 2.05) is 6.92 Å². The molecular weight excluding hydrogens is 228 g/mol. The summed E-state index contributed by atoms with van der Waals surface area (Å²) < 4.78 is 5.17. The van der Waals surface area contributed by atoms with Crippen LogP contribution in [0.5, 0.6) is 5.75 Å². The van der Waals surface area contributed by atoms with Gasteiger partial charge in [0.25, 0.3) is 5.91 Å². The zero-order valence-corrected chi connectivity index (χ0v) is 11.5. The average Bonchev–Trinajstić information content (AvgIpc) is 2.26. The highest BCUT2D eigenvalue weighted by Crippen LogP contribution is 2.24. The largest absolute Gasteiger partial charge is 0.496 e. The van der Waals surface area contributed by atoms with Gasteiger partial charge in [-0.15, -0.1) is 0 Å². The Morgan fingerprint density at radius 3 is 2.61 bits per heavy atom. The lowest BCUT2D eigenvalue weighted by Gasteiger charge is -2.17. The van der Waals surface area contributed by atoms with Crippen molar-refractivity contribution in [1.82, 2.24) is 5.32 Å². The third-order valence-electron chi connectivity index (χ3n) is 2.71. The molecule has 4 nitrogen and oxygen atoms in total. The van der Waals surface area contributed by atoms with Gasteiger partial charge in [-0.3, -0.25) is 4.79 Å². The molecule has 0 aromatic heterocycles. The van der Waals surface area contributed by atoms with Crippen LogP contribution in [-0.4, -0.2) is 19.1 Å². The molecule has 100 valence electrons. The Morgan fingerprint density at radius 2 is 2.06 bits per heavy atom. The predicted octanol–water partition coefficient (Wildman–Crippen LogP) is 2.44. The number of amides is 1. The Labute approximate surface area is 109 Å². The zero-order chi connectivity index (χ0) is 13.7. The molecule has 0 fully saturated rings. The number of hydrogen-bond acceptors (Lipinski definition) is 3. The second kappa shape index (κ2) is 6.28. The van der Waals surface area contributed by atoms with Crippen molar-refractivity contribution in [3.05, 3.63) is 23.8 Å². The molecule has 1 atom stereocenters. The van der Waals surface area contributed by atoms with E-state index in [-0.39, 0.29) is 11.9 Å². The molecule has 0 radical (unpaired) electrons. The van der Waals surface area contributed by atoms with Gasteiger partial charge in [0, 0.05) is 11.7 Å². The molecule has 1 amide bonds. The van der Waals surface area contributed by atoms with E-state index in [2.05, 4.69) is 19.2 Å². The van der Waals surface area contributed by atoms with Gasteiger partial charge in [0.1, 0.15) is 11.3 Å². The molecule has 0 bridgehead atoms. The minimum atomic E-state index is -0.182. The van der Waals surface area contributed by atoms with Crippen molar-refractivity contribution >= 4 is 11.6 Å². The molecule has 0 saturated carbocycles. The Bertz CT molecular complexity index is 416. The molecule has 0 aliphatic rings. The quantitative estimate of drug-likeness (QED) is 0.789. The van der Waals surface area contributed by atoms with Gasteiger partial charge in [0.05, 0.1) is 7.11 Å². The van der Waals surface area contributed by atoms with Crippen LogP contribution in [0.15, 0.2) is 18.2 Å². The lowest BCUT2D eigenvalue weighted by molar-refractivity contribution is 0.0934. The van der Waals surface area contributed by atoms with Gasteiger partial charge in [0.15, 0.2) is 0 Å². The van der Waals surface area contributed by atoms with E-state index in [0.717, 1.165) is 6.42 Å². The smallest absolute Gasteiger partial charge is 0.257 e. The van der Waals surface area contributed by atoms with Crippen LogP contribution in [0.25, 0.3) is 0 Å². The summed E-state index contributed by atoms with van der Waals surface area (Å²) in [5.41, 5.74) is 6.68. The molecule has 0 spiro atoms. The minimum Gasteiger partial charge on any atom is -0.496 e. The van der Waals surface area contributed by atoms with Gasteiger partial charge in [-0.1, -0.05) is 19.9 Å². The summed E-state index contributed by atoms with van der Waals surface area (Å²) in [4.78, 5) is 12.2. The van der Waals surface area contributed by atoms with Gasteiger partial charge < -0.3 is 15.8 Å². The summed E-state index contributed by atoms with van der Waals surface area (Å²) in [7, 11) is 1.53. The Morgan fingerprint density at radius 1 is 1.39 bits per heavy atom. The highest BCUT2D eigenvalue weighted by molar-refractivity contribution is 6.02. The minimum absolute atomic E-state index is 0.113. The third-order valence-corrected chi connectivity index (χ3v) is 2.71. The van der Waals surface area contributed by atoms with Crippen molar-refractivity contribution in [3.63, 3.8) is 0 Å². The predicted molar refractivity (Wildman–Crippen MR) is 73.8 cm³/mol. The van der Waals surface area contributed by atoms with Gasteiger partial charge >= 0.3 is 0 Å². The maximum Gasteiger partial charge on any atom is 0.257 e. The fraction of sp³-hybridized carbons (Fsp3) is 0.500. The van der Waals surface area contributed by atoms with E-state index in [9.17, 15) is 4.79 Å². The van der Waals surface area contributed by atoms with Crippen molar-refractivity contribution in [1.29, 1.82) is 0 Å². The first-order valence-electron chi connectivity index (χ1n) is 6.19. The number of nitrogens with two attached hydrogens (primary N) is 1. The number of carbonyl (C=O) groups is 1. The van der Waals surface area contributed by atoms with Crippen molar-refractivity contribution in [2.24, 2.45) is 5.92 Å². The van der Waals surface area contributed by atoms with Gasteiger partial charge in [0.2, 0.25) is 0 Å². The SMILES string of the molecule is COc1cccc(N)c1C(=O)NC(C)CC(C)C. The second-order valence-electron chi connectivity index (χ2n) is 4.93. The number of ether oxygens (including phenoxy) is 1. The van der Waals surface area contributed by atoms with Crippen LogP contribution in [-0.2, 0) is 0 Å². The van der Waals surface area contributed by atoms with Gasteiger partial charge in [-0.2, -0.15) is 0 Å². The third kappa shape index (κ3) is 3.65. The number of nitrogens with one attached hydrogen (secondary N) is 1. The number of rotatable bonds is 5. The van der Waals surface area contributed by atoms with Crippen LogP contribution in [0.4, 0.5) is 5.69 Å². The lowest BCUT2D eigenvalue weighted by Crippen LogP contribution is -2.34. The van der Waals surface area contributed by atoms with E-state index in [1.165, 1.54) is 7.11 Å². The molecule has 0 heterocycles. The molecule has 1 unspecified atom stereocenters. The molecular formula is C14H22N2O2. The molecule has 1 aromatic carbocycles. The number of methoxy groups -OCH3 is 1. The van der Waals surface area contributed by atoms with E-state index in [1.54, 1.807) is 18.2 Å². The first-order valence-corrected chi connectivity index (χ1v) is 6.19. The summed E-state index contributed by atoms with van der Waals surface area (Å²) in [6, 6.07) is 5.31. The summed E-state index contributed by atoms with van der Waals surface area (Å²) in [6.45, 7) is 6.24. The number of benzene rings is 1. The molecule has 0 aliphatic heterocycles. The van der Waals surface area contributed by atoms with Crippen LogP contribution in [0, 0.1) is 5.92 Å². The van der Waals surface area contributed by atoms with Crippen molar-refractivity contribution in [3.8, 4) is 5.75 Å². The standard InChI is InChI=1S/C14H22N2O2/c1-9(2)8-10(3)16-14(17)13-11(15)6-5-7-12(13)18-4/h5-7,9-10H,8,15H2,1-4H3,(H,16,17). The highest BCUT2D eigenvalue weighted by Gasteiger charge is 2.17. The summed E-state index contributed by atoms with van der Waals surface area (Å²) in [6.07, 6.45) is 0.931. The fourth-order valence-electron chi connectivity index (χ4n) is 2.02. The maximum absolute atomic E-state index is 12.2. The molecule has 4 heteroatoms. The number of hydrogen-bond donors (Lipinski definition) is 2. The summed E-state index contributed by atoms with van der Waals surface area (Å²) in [5, 5.41) is 2.94. The molecule has 3 N–H and O–H groups in total. The van der Waals surface area contributed by atoms with Gasteiger partial charge in [-0.25, -0.2) is 0 Å². The van der Waals surface area contributed by atoms with E-state index >= 15 is 0 Å². The summed E-state index contributed by atoms with van der Waals surface area (Å²) in [5.74, 6) is 0.859. The van der Waals surface area contributed by atoms with Crippen LogP contribution in [0.1, 0.15) is 37.6 Å². The van der Waals surface area contributed by atoms with E-state index in [0.29, 0.717) is 22.9 Å². The van der Waals surface area contributed by atoms with Crippen LogP contribution < -0.4 is 15.8 Å². The second-order valence-corrected chi connectivity index (χ2v) is 4.93. The molecule has 0 aliphatic carbocycles. The fourth-order valence-corrected chi connectivity index (χ4v) is 2.02. The van der Waals surface area contributed by atoms with E-state index in [4.69, 9.17) is 10.5 Å². The first-order chi connectivity index (χ1) is 8.45. The van der Waals surface area contributed by atoms with Crippen LogP contribution in [0.3, 0.4) is 0 Å². The van der Waals surface area contributed by atoms with Crippen LogP contribution in [0.2, 0.25) is 0 Å². The van der Waals surface area contributed by atoms with Crippen molar-refractivity contribution in [2.75, 3.05) is 12.8 Å². The summed E-state index contributed by atoms with van der Waals surface area (Å²) >= 11 is 0. The lowest BCUT2D eigenvalue weighted by atomic mass is 10.0.